The first kappa shape index (κ1) is 17.0. The molecule has 1 fully saturated rings. The molecule has 1 N–H and O–H groups in total. The lowest BCUT2D eigenvalue weighted by Gasteiger charge is -2.30. The van der Waals surface area contributed by atoms with E-state index in [0.29, 0.717) is 23.6 Å². The number of carboxylic acid groups (broad SMARTS) is 1. The van der Waals surface area contributed by atoms with Crippen molar-refractivity contribution in [1.82, 2.24) is 4.90 Å². The molecule has 0 saturated carbocycles. The minimum absolute atomic E-state index is 0.0115. The molecule has 1 aliphatic heterocycles. The summed E-state index contributed by atoms with van der Waals surface area (Å²) in [6, 6.07) is 9.13. The first-order valence-electron chi connectivity index (χ1n) is 7.94. The van der Waals surface area contributed by atoms with Crippen molar-refractivity contribution >= 4 is 11.9 Å². The van der Waals surface area contributed by atoms with Gasteiger partial charge in [0.05, 0.1) is 25.0 Å². The maximum atomic E-state index is 12.7. The van der Waals surface area contributed by atoms with Crippen molar-refractivity contribution in [2.45, 2.75) is 19.6 Å². The van der Waals surface area contributed by atoms with E-state index in [4.69, 9.17) is 19.0 Å². The zero-order chi connectivity index (χ0) is 17.8. The summed E-state index contributed by atoms with van der Waals surface area (Å²) < 4.78 is 16.2. The lowest BCUT2D eigenvalue weighted by molar-refractivity contribution is -0.154. The van der Waals surface area contributed by atoms with Crippen LogP contribution in [0.5, 0.6) is 5.75 Å². The number of hydrogen-bond donors (Lipinski definition) is 1. The van der Waals surface area contributed by atoms with E-state index in [1.54, 1.807) is 6.07 Å². The smallest absolute Gasteiger partial charge is 0.334 e. The Morgan fingerprint density at radius 3 is 2.76 bits per heavy atom. The molecule has 1 aromatic heterocycles. The van der Waals surface area contributed by atoms with E-state index in [9.17, 15) is 9.59 Å². The summed E-state index contributed by atoms with van der Waals surface area (Å²) in [4.78, 5) is 25.2. The van der Waals surface area contributed by atoms with E-state index < -0.39 is 12.1 Å². The van der Waals surface area contributed by atoms with E-state index in [0.717, 1.165) is 5.56 Å². The number of aliphatic carboxylic acids is 1. The van der Waals surface area contributed by atoms with Crippen LogP contribution < -0.4 is 4.74 Å². The fraction of sp³-hybridized carbons (Fsp3) is 0.333. The summed E-state index contributed by atoms with van der Waals surface area (Å²) >= 11 is 0. The molecule has 2 heterocycles. The van der Waals surface area contributed by atoms with E-state index in [1.807, 2.05) is 31.2 Å². The van der Waals surface area contributed by atoms with Crippen LogP contribution >= 0.6 is 0 Å². The minimum atomic E-state index is -1.08. The predicted octanol–water partition coefficient (Wildman–Crippen LogP) is 2.09. The minimum Gasteiger partial charge on any atom is -0.486 e. The Labute approximate surface area is 144 Å². The number of ether oxygens (including phenoxy) is 2. The highest BCUT2D eigenvalue weighted by molar-refractivity contribution is 5.95. The van der Waals surface area contributed by atoms with Crippen LogP contribution in [0.2, 0.25) is 0 Å². The standard InChI is InChI=1S/C18H19NO6/c1-12-2-4-13(5-3-12)25-11-16-14(6-8-23-16)17(20)19-7-9-24-15(10-19)18(21)22/h2-6,8,15H,7,9-11H2,1H3,(H,21,22)/t15-/m1/s1. The molecule has 1 aromatic carbocycles. The molecule has 25 heavy (non-hydrogen) atoms. The number of nitrogens with zero attached hydrogens (tertiary/aromatic N) is 1. The molecular weight excluding hydrogens is 326 g/mol. The number of benzene rings is 1. The van der Waals surface area contributed by atoms with E-state index in [1.165, 1.54) is 11.2 Å². The van der Waals surface area contributed by atoms with Gasteiger partial charge in [0.15, 0.2) is 11.9 Å². The van der Waals surface area contributed by atoms with Crippen LogP contribution in [-0.2, 0) is 16.1 Å². The number of morpholine rings is 1. The zero-order valence-corrected chi connectivity index (χ0v) is 13.8. The third-order valence-corrected chi connectivity index (χ3v) is 4.00. The van der Waals surface area contributed by atoms with Crippen LogP contribution in [-0.4, -0.2) is 47.7 Å². The van der Waals surface area contributed by atoms with Crippen molar-refractivity contribution in [2.24, 2.45) is 0 Å². The molecule has 0 unspecified atom stereocenters. The quantitative estimate of drug-likeness (QED) is 0.892. The Kier molecular flexibility index (Phi) is 5.04. The van der Waals surface area contributed by atoms with Gasteiger partial charge in [-0.05, 0) is 25.1 Å². The lowest BCUT2D eigenvalue weighted by atomic mass is 10.2. The molecule has 1 amide bonds. The SMILES string of the molecule is Cc1ccc(OCc2occc2C(=O)N2CCO[C@@H](C(=O)O)C2)cc1. The summed E-state index contributed by atoms with van der Waals surface area (Å²) in [7, 11) is 0. The number of furan rings is 1. The highest BCUT2D eigenvalue weighted by Gasteiger charge is 2.31. The van der Waals surface area contributed by atoms with Gasteiger partial charge in [-0.25, -0.2) is 4.79 Å². The molecule has 1 saturated heterocycles. The lowest BCUT2D eigenvalue weighted by Crippen LogP contribution is -2.48. The Morgan fingerprint density at radius 1 is 1.28 bits per heavy atom. The molecule has 0 radical (unpaired) electrons. The number of carbonyl (C=O) groups is 2. The Bertz CT molecular complexity index is 751. The normalized spacial score (nSPS) is 17.3. The highest BCUT2D eigenvalue weighted by Crippen LogP contribution is 2.19. The van der Waals surface area contributed by atoms with Crippen LogP contribution in [0.4, 0.5) is 0 Å². The van der Waals surface area contributed by atoms with Gasteiger partial charge >= 0.3 is 5.97 Å². The van der Waals surface area contributed by atoms with Crippen molar-refractivity contribution in [1.29, 1.82) is 0 Å². The van der Waals surface area contributed by atoms with Gasteiger partial charge in [-0.1, -0.05) is 17.7 Å². The van der Waals surface area contributed by atoms with Gasteiger partial charge in [0.25, 0.3) is 5.91 Å². The van der Waals surface area contributed by atoms with Crippen molar-refractivity contribution < 1.29 is 28.6 Å². The van der Waals surface area contributed by atoms with E-state index >= 15 is 0 Å². The molecule has 132 valence electrons. The number of hydrogen-bond acceptors (Lipinski definition) is 5. The zero-order valence-electron chi connectivity index (χ0n) is 13.8. The molecule has 1 aliphatic rings. The Morgan fingerprint density at radius 2 is 2.04 bits per heavy atom. The summed E-state index contributed by atoms with van der Waals surface area (Å²) in [6.07, 6.45) is 0.424. The molecule has 7 heteroatoms. The fourth-order valence-corrected chi connectivity index (χ4v) is 2.58. The maximum absolute atomic E-state index is 12.7. The second-order valence-electron chi connectivity index (χ2n) is 5.81. The summed E-state index contributed by atoms with van der Waals surface area (Å²) in [5.41, 5.74) is 1.50. The molecule has 0 bridgehead atoms. The average molecular weight is 345 g/mol. The van der Waals surface area contributed by atoms with Gasteiger partial charge in [0.1, 0.15) is 12.4 Å². The van der Waals surface area contributed by atoms with Gasteiger partial charge in [0.2, 0.25) is 0 Å². The first-order chi connectivity index (χ1) is 12.0. The molecule has 0 aliphatic carbocycles. The first-order valence-corrected chi connectivity index (χ1v) is 7.94. The van der Waals surface area contributed by atoms with Crippen LogP contribution in [0.25, 0.3) is 0 Å². The molecule has 2 aromatic rings. The van der Waals surface area contributed by atoms with Gasteiger partial charge in [-0.2, -0.15) is 0 Å². The average Bonchev–Trinajstić information content (AvgIpc) is 3.09. The Balaban J connectivity index is 1.67. The predicted molar refractivity (Wildman–Crippen MR) is 87.5 cm³/mol. The van der Waals surface area contributed by atoms with Crippen LogP contribution in [0.1, 0.15) is 21.7 Å². The second-order valence-corrected chi connectivity index (χ2v) is 5.81. The monoisotopic (exact) mass is 345 g/mol. The summed E-state index contributed by atoms with van der Waals surface area (Å²) in [6.45, 7) is 2.64. The topological polar surface area (TPSA) is 89.2 Å². The molecule has 1 atom stereocenters. The number of amides is 1. The third kappa shape index (κ3) is 4.00. The van der Waals surface area contributed by atoms with Gasteiger partial charge in [0, 0.05) is 6.54 Å². The maximum Gasteiger partial charge on any atom is 0.334 e. The van der Waals surface area contributed by atoms with Crippen molar-refractivity contribution in [2.75, 3.05) is 19.7 Å². The van der Waals surface area contributed by atoms with E-state index in [2.05, 4.69) is 0 Å². The van der Waals surface area contributed by atoms with Crippen molar-refractivity contribution in [3.63, 3.8) is 0 Å². The van der Waals surface area contributed by atoms with Crippen LogP contribution in [0.3, 0.4) is 0 Å². The number of carbonyl (C=O) groups excluding carboxylic acids is 1. The third-order valence-electron chi connectivity index (χ3n) is 4.00. The largest absolute Gasteiger partial charge is 0.486 e. The van der Waals surface area contributed by atoms with Crippen molar-refractivity contribution in [3.8, 4) is 5.75 Å². The van der Waals surface area contributed by atoms with Gasteiger partial charge in [-0.3, -0.25) is 4.79 Å². The van der Waals surface area contributed by atoms with Crippen LogP contribution in [0.15, 0.2) is 41.0 Å². The van der Waals surface area contributed by atoms with E-state index in [-0.39, 0.29) is 25.7 Å². The highest BCUT2D eigenvalue weighted by atomic mass is 16.5. The van der Waals surface area contributed by atoms with Crippen LogP contribution in [0, 0.1) is 6.92 Å². The van der Waals surface area contributed by atoms with Gasteiger partial charge < -0.3 is 23.9 Å². The van der Waals surface area contributed by atoms with Gasteiger partial charge in [-0.15, -0.1) is 0 Å². The second kappa shape index (κ2) is 7.40. The molecule has 7 nitrogen and oxygen atoms in total. The molecular formula is C18H19NO6. The number of carboxylic acids is 1. The van der Waals surface area contributed by atoms with Crippen molar-refractivity contribution in [3.05, 3.63) is 53.5 Å². The molecule has 0 spiro atoms. The Hall–Kier alpha value is -2.80. The number of aryl methyl sites for hydroxylation is 1. The molecule has 3 rings (SSSR count). The fourth-order valence-electron chi connectivity index (χ4n) is 2.58. The number of rotatable bonds is 5. The summed E-state index contributed by atoms with van der Waals surface area (Å²) in [5.74, 6) is -0.278. The summed E-state index contributed by atoms with van der Waals surface area (Å²) in [5, 5.41) is 9.05.